The average molecular weight is 248 g/mol. The monoisotopic (exact) mass is 248 g/mol. The minimum atomic E-state index is 0. The number of rotatable bonds is 1. The molecule has 0 N–H and O–H groups in total. The van der Waals surface area contributed by atoms with Crippen LogP contribution in [0.5, 0.6) is 0 Å². The van der Waals surface area contributed by atoms with Crippen molar-refractivity contribution < 1.29 is 4.79 Å². The molecule has 10 heavy (non-hydrogen) atoms. The van der Waals surface area contributed by atoms with Gasteiger partial charge in [0.2, 0.25) is 0 Å². The van der Waals surface area contributed by atoms with Gasteiger partial charge < -0.3 is 0 Å². The van der Waals surface area contributed by atoms with E-state index < -0.39 is 0 Å². The van der Waals surface area contributed by atoms with Crippen LogP contribution in [0.4, 0.5) is 0 Å². The van der Waals surface area contributed by atoms with Crippen molar-refractivity contribution in [2.45, 2.75) is 7.43 Å². The molecule has 0 fully saturated rings. The number of carbonyl (C=O) groups excluding carboxylic acids is 1. The molecule has 0 atom stereocenters. The summed E-state index contributed by atoms with van der Waals surface area (Å²) < 4.78 is 1.15. The molecule has 0 aliphatic carbocycles. The lowest BCUT2D eigenvalue weighted by molar-refractivity contribution is 0.112. The highest BCUT2D eigenvalue weighted by atomic mass is 127. The fourth-order valence-corrected chi connectivity index (χ4v) is 0.901. The first-order valence-corrected chi connectivity index (χ1v) is 3.61. The van der Waals surface area contributed by atoms with Gasteiger partial charge in [-0.15, -0.1) is 0 Å². The standard InChI is InChI=1S/C7H5IO.CH4/c8-7-3-1-6(5-9)2-4-7;/h1-5H;1H4. The van der Waals surface area contributed by atoms with Crippen molar-refractivity contribution in [1.29, 1.82) is 0 Å². The van der Waals surface area contributed by atoms with E-state index in [0.29, 0.717) is 0 Å². The normalized spacial score (nSPS) is 8.10. The van der Waals surface area contributed by atoms with Gasteiger partial charge in [0.25, 0.3) is 0 Å². The van der Waals surface area contributed by atoms with Gasteiger partial charge in [-0.2, -0.15) is 0 Å². The molecule has 54 valence electrons. The van der Waals surface area contributed by atoms with Gasteiger partial charge in [0.05, 0.1) is 0 Å². The fourth-order valence-electron chi connectivity index (χ4n) is 0.541. The summed E-state index contributed by atoms with van der Waals surface area (Å²) >= 11 is 2.20. The third-order valence-corrected chi connectivity index (χ3v) is 1.73. The van der Waals surface area contributed by atoms with Crippen LogP contribution in [0.1, 0.15) is 17.8 Å². The molecule has 0 heterocycles. The molecule has 0 aromatic heterocycles. The minimum Gasteiger partial charge on any atom is -0.298 e. The van der Waals surface area contributed by atoms with E-state index in [9.17, 15) is 4.79 Å². The molecule has 0 bridgehead atoms. The molecular weight excluding hydrogens is 239 g/mol. The van der Waals surface area contributed by atoms with E-state index in [1.54, 1.807) is 12.1 Å². The molecule has 0 unspecified atom stereocenters. The van der Waals surface area contributed by atoms with Crippen LogP contribution in [0.2, 0.25) is 0 Å². The summed E-state index contributed by atoms with van der Waals surface area (Å²) in [6.45, 7) is 0. The average Bonchev–Trinajstić information content (AvgIpc) is 1.90. The van der Waals surface area contributed by atoms with Gasteiger partial charge in [-0.3, -0.25) is 4.79 Å². The van der Waals surface area contributed by atoms with Crippen LogP contribution in [0, 0.1) is 3.57 Å². The number of hydrogen-bond donors (Lipinski definition) is 0. The lowest BCUT2D eigenvalue weighted by atomic mass is 10.2. The predicted molar refractivity (Wildman–Crippen MR) is 51.3 cm³/mol. The third-order valence-electron chi connectivity index (χ3n) is 1.01. The Morgan fingerprint density at radius 3 is 2.10 bits per heavy atom. The van der Waals surface area contributed by atoms with E-state index in [0.717, 1.165) is 15.4 Å². The largest absolute Gasteiger partial charge is 0.298 e. The predicted octanol–water partition coefficient (Wildman–Crippen LogP) is 2.74. The van der Waals surface area contributed by atoms with E-state index in [-0.39, 0.29) is 7.43 Å². The van der Waals surface area contributed by atoms with E-state index >= 15 is 0 Å². The Kier molecular flexibility index (Phi) is 4.27. The van der Waals surface area contributed by atoms with Gasteiger partial charge in [0.1, 0.15) is 6.29 Å². The summed E-state index contributed by atoms with van der Waals surface area (Å²) in [5.41, 5.74) is 0.732. The second-order valence-corrected chi connectivity index (χ2v) is 2.92. The summed E-state index contributed by atoms with van der Waals surface area (Å²) in [5.74, 6) is 0. The van der Waals surface area contributed by atoms with E-state index in [1.165, 1.54) is 0 Å². The van der Waals surface area contributed by atoms with Crippen molar-refractivity contribution in [3.05, 3.63) is 33.4 Å². The van der Waals surface area contributed by atoms with E-state index in [1.807, 2.05) is 12.1 Å². The third kappa shape index (κ3) is 2.47. The Morgan fingerprint density at radius 1 is 1.20 bits per heavy atom. The van der Waals surface area contributed by atoms with Crippen molar-refractivity contribution in [3.8, 4) is 0 Å². The lowest BCUT2D eigenvalue weighted by Crippen LogP contribution is -1.76. The van der Waals surface area contributed by atoms with Gasteiger partial charge in [0.15, 0.2) is 0 Å². The maximum Gasteiger partial charge on any atom is 0.150 e. The van der Waals surface area contributed by atoms with Crippen LogP contribution in [0.3, 0.4) is 0 Å². The van der Waals surface area contributed by atoms with Gasteiger partial charge in [0, 0.05) is 9.13 Å². The van der Waals surface area contributed by atoms with Crippen LogP contribution in [-0.2, 0) is 0 Å². The summed E-state index contributed by atoms with van der Waals surface area (Å²) in [4.78, 5) is 10.1. The Labute approximate surface area is 74.6 Å². The van der Waals surface area contributed by atoms with E-state index in [2.05, 4.69) is 22.6 Å². The van der Waals surface area contributed by atoms with Gasteiger partial charge in [-0.25, -0.2) is 0 Å². The molecule has 1 aromatic rings. The smallest absolute Gasteiger partial charge is 0.150 e. The van der Waals surface area contributed by atoms with Crippen LogP contribution in [-0.4, -0.2) is 6.29 Å². The summed E-state index contributed by atoms with van der Waals surface area (Å²) in [7, 11) is 0. The van der Waals surface area contributed by atoms with Gasteiger partial charge >= 0.3 is 0 Å². The number of benzene rings is 1. The molecule has 0 saturated heterocycles. The maximum atomic E-state index is 10.1. The lowest BCUT2D eigenvalue weighted by Gasteiger charge is -1.87. The molecule has 0 aliphatic heterocycles. The Bertz CT molecular complexity index is 203. The van der Waals surface area contributed by atoms with Crippen molar-refractivity contribution in [3.63, 3.8) is 0 Å². The molecule has 0 amide bonds. The first-order chi connectivity index (χ1) is 4.33. The molecule has 0 aliphatic rings. The summed E-state index contributed by atoms with van der Waals surface area (Å²) in [6, 6.07) is 7.41. The van der Waals surface area contributed by atoms with Crippen LogP contribution >= 0.6 is 22.6 Å². The van der Waals surface area contributed by atoms with Gasteiger partial charge in [-0.05, 0) is 34.7 Å². The van der Waals surface area contributed by atoms with E-state index in [4.69, 9.17) is 0 Å². The first kappa shape index (κ1) is 9.62. The molecule has 0 saturated carbocycles. The molecule has 1 nitrogen and oxygen atoms in total. The number of hydrogen-bond acceptors (Lipinski definition) is 1. The van der Waals surface area contributed by atoms with Crippen molar-refractivity contribution in [2.24, 2.45) is 0 Å². The summed E-state index contributed by atoms with van der Waals surface area (Å²) in [6.07, 6.45) is 0.843. The molecule has 1 rings (SSSR count). The Balaban J connectivity index is 0.000000810. The molecule has 1 aromatic carbocycles. The fraction of sp³-hybridized carbons (Fsp3) is 0.125. The van der Waals surface area contributed by atoms with Crippen molar-refractivity contribution in [2.75, 3.05) is 0 Å². The SMILES string of the molecule is C.O=Cc1ccc(I)cc1. The maximum absolute atomic E-state index is 10.1. The second-order valence-electron chi connectivity index (χ2n) is 1.67. The first-order valence-electron chi connectivity index (χ1n) is 2.53. The molecule has 0 spiro atoms. The van der Waals surface area contributed by atoms with Crippen molar-refractivity contribution in [1.82, 2.24) is 0 Å². The van der Waals surface area contributed by atoms with Crippen LogP contribution < -0.4 is 0 Å². The molecular formula is C8H9IO. The topological polar surface area (TPSA) is 17.1 Å². The second kappa shape index (κ2) is 4.44. The highest BCUT2D eigenvalue weighted by molar-refractivity contribution is 14.1. The highest BCUT2D eigenvalue weighted by Crippen LogP contribution is 2.04. The van der Waals surface area contributed by atoms with Crippen molar-refractivity contribution >= 4 is 28.9 Å². The molecule has 0 radical (unpaired) electrons. The Hall–Kier alpha value is -0.380. The van der Waals surface area contributed by atoms with Crippen LogP contribution in [0.25, 0.3) is 0 Å². The molecule has 2 heteroatoms. The number of carbonyl (C=O) groups is 1. The number of aldehydes is 1. The van der Waals surface area contributed by atoms with Gasteiger partial charge in [-0.1, -0.05) is 19.6 Å². The van der Waals surface area contributed by atoms with Crippen LogP contribution in [0.15, 0.2) is 24.3 Å². The Morgan fingerprint density at radius 2 is 1.70 bits per heavy atom. The zero-order valence-electron chi connectivity index (χ0n) is 4.67. The quantitative estimate of drug-likeness (QED) is 0.551. The number of halogens is 1. The summed E-state index contributed by atoms with van der Waals surface area (Å²) in [5, 5.41) is 0. The minimum absolute atomic E-state index is 0. The highest BCUT2D eigenvalue weighted by Gasteiger charge is 1.86. The zero-order valence-corrected chi connectivity index (χ0v) is 6.83. The zero-order chi connectivity index (χ0) is 6.69.